The molecular formula is C14H16N4. The van der Waals surface area contributed by atoms with Crippen LogP contribution in [0, 0.1) is 6.92 Å². The zero-order valence-corrected chi connectivity index (χ0v) is 10.8. The van der Waals surface area contributed by atoms with Crippen LogP contribution in [-0.2, 0) is 14.1 Å². The molecule has 0 saturated carbocycles. The molecule has 2 heterocycles. The number of hydrogen-bond acceptors (Lipinski definition) is 2. The smallest absolute Gasteiger partial charge is 0.146 e. The summed E-state index contributed by atoms with van der Waals surface area (Å²) in [6.45, 7) is 2.11. The number of benzene rings is 1. The first kappa shape index (κ1) is 10.9. The molecule has 0 aliphatic rings. The molecule has 4 nitrogen and oxygen atoms in total. The minimum Gasteiger partial charge on any atom is -0.382 e. The fourth-order valence-electron chi connectivity index (χ4n) is 2.42. The van der Waals surface area contributed by atoms with Crippen molar-refractivity contribution in [3.05, 3.63) is 35.9 Å². The third-order valence-electron chi connectivity index (χ3n) is 3.36. The number of aryl methyl sites for hydroxylation is 3. The molecular weight excluding hydrogens is 224 g/mol. The van der Waals surface area contributed by atoms with Crippen LogP contribution < -0.4 is 5.73 Å². The normalized spacial score (nSPS) is 11.3. The summed E-state index contributed by atoms with van der Waals surface area (Å²) in [4.78, 5) is 0. The Morgan fingerprint density at radius 1 is 1.06 bits per heavy atom. The molecule has 0 amide bonds. The number of rotatable bonds is 1. The maximum absolute atomic E-state index is 5.74. The molecule has 0 unspecified atom stereocenters. The van der Waals surface area contributed by atoms with Gasteiger partial charge in [0.1, 0.15) is 5.82 Å². The highest BCUT2D eigenvalue weighted by Gasteiger charge is 2.12. The van der Waals surface area contributed by atoms with Gasteiger partial charge >= 0.3 is 0 Å². The van der Waals surface area contributed by atoms with Crippen molar-refractivity contribution in [2.45, 2.75) is 6.92 Å². The molecule has 3 rings (SSSR count). The van der Waals surface area contributed by atoms with Gasteiger partial charge in [-0.05, 0) is 24.6 Å². The van der Waals surface area contributed by atoms with E-state index in [1.54, 1.807) is 0 Å². The van der Waals surface area contributed by atoms with Crippen LogP contribution in [0.1, 0.15) is 5.56 Å². The Balaban J connectivity index is 2.30. The van der Waals surface area contributed by atoms with Gasteiger partial charge in [0.15, 0.2) is 0 Å². The Labute approximate surface area is 106 Å². The monoisotopic (exact) mass is 240 g/mol. The van der Waals surface area contributed by atoms with E-state index in [1.807, 2.05) is 17.8 Å². The van der Waals surface area contributed by atoms with Crippen LogP contribution in [0.2, 0.25) is 0 Å². The summed E-state index contributed by atoms with van der Waals surface area (Å²) in [5.41, 5.74) is 10.4. The predicted molar refractivity (Wildman–Crippen MR) is 74.3 cm³/mol. The second kappa shape index (κ2) is 3.63. The van der Waals surface area contributed by atoms with Gasteiger partial charge in [-0.1, -0.05) is 12.1 Å². The van der Waals surface area contributed by atoms with Gasteiger partial charge in [0.05, 0.1) is 11.4 Å². The lowest BCUT2D eigenvalue weighted by Crippen LogP contribution is -1.98. The van der Waals surface area contributed by atoms with E-state index < -0.39 is 0 Å². The maximum Gasteiger partial charge on any atom is 0.146 e. The Hall–Kier alpha value is -2.23. The zero-order valence-electron chi connectivity index (χ0n) is 10.8. The highest BCUT2D eigenvalue weighted by molar-refractivity contribution is 5.87. The molecule has 0 spiro atoms. The molecule has 18 heavy (non-hydrogen) atoms. The summed E-state index contributed by atoms with van der Waals surface area (Å²) in [6.07, 6.45) is 0. The lowest BCUT2D eigenvalue weighted by molar-refractivity contribution is 0.772. The lowest BCUT2D eigenvalue weighted by Gasteiger charge is -2.04. The molecule has 0 fully saturated rings. The summed E-state index contributed by atoms with van der Waals surface area (Å²) >= 11 is 0. The third kappa shape index (κ3) is 1.49. The van der Waals surface area contributed by atoms with Gasteiger partial charge in [-0.15, -0.1) is 0 Å². The number of nitrogen functional groups attached to an aromatic ring is 1. The molecule has 0 atom stereocenters. The van der Waals surface area contributed by atoms with Crippen molar-refractivity contribution in [1.29, 1.82) is 0 Å². The molecule has 1 aromatic carbocycles. The van der Waals surface area contributed by atoms with Crippen LogP contribution >= 0.6 is 0 Å². The van der Waals surface area contributed by atoms with Gasteiger partial charge in [0, 0.05) is 31.1 Å². The number of hydrogen-bond donors (Lipinski definition) is 1. The fourth-order valence-corrected chi connectivity index (χ4v) is 2.42. The minimum absolute atomic E-state index is 0.550. The summed E-state index contributed by atoms with van der Waals surface area (Å²) in [5, 5.41) is 5.43. The number of fused-ring (bicyclic) bond motifs is 1. The van der Waals surface area contributed by atoms with Crippen LogP contribution in [0.25, 0.3) is 22.3 Å². The predicted octanol–water partition coefficient (Wildman–Crippen LogP) is 2.47. The Kier molecular flexibility index (Phi) is 2.20. The van der Waals surface area contributed by atoms with Gasteiger partial charge in [0.25, 0.3) is 0 Å². The standard InChI is InChI=1S/C14H16N4/c1-9-4-5-10-7-12(17(2)11(10)6-9)13-8-14(15)16-18(13)3/h4-8H,1-3H3,(H2,15,16). The Morgan fingerprint density at radius 3 is 2.50 bits per heavy atom. The van der Waals surface area contributed by atoms with Gasteiger partial charge in [-0.3, -0.25) is 4.68 Å². The van der Waals surface area contributed by atoms with Crippen LogP contribution in [0.5, 0.6) is 0 Å². The topological polar surface area (TPSA) is 48.8 Å². The van der Waals surface area contributed by atoms with E-state index in [1.165, 1.54) is 16.5 Å². The summed E-state index contributed by atoms with van der Waals surface area (Å²) in [7, 11) is 3.98. The Bertz CT molecular complexity index is 734. The van der Waals surface area contributed by atoms with E-state index in [9.17, 15) is 0 Å². The Morgan fingerprint density at radius 2 is 1.83 bits per heavy atom. The van der Waals surface area contributed by atoms with Gasteiger partial charge in [0.2, 0.25) is 0 Å². The average Bonchev–Trinajstić information content (AvgIpc) is 2.80. The van der Waals surface area contributed by atoms with E-state index in [0.717, 1.165) is 11.4 Å². The van der Waals surface area contributed by atoms with Crippen molar-refractivity contribution >= 4 is 16.7 Å². The van der Waals surface area contributed by atoms with Crippen LogP contribution in [0.4, 0.5) is 5.82 Å². The third-order valence-corrected chi connectivity index (χ3v) is 3.36. The zero-order chi connectivity index (χ0) is 12.9. The van der Waals surface area contributed by atoms with E-state index in [2.05, 4.69) is 47.9 Å². The van der Waals surface area contributed by atoms with Crippen LogP contribution in [-0.4, -0.2) is 14.3 Å². The van der Waals surface area contributed by atoms with Crippen LogP contribution in [0.15, 0.2) is 30.3 Å². The first-order chi connectivity index (χ1) is 8.56. The largest absolute Gasteiger partial charge is 0.382 e. The number of nitrogens with zero attached hydrogens (tertiary/aromatic N) is 3. The van der Waals surface area contributed by atoms with Crippen molar-refractivity contribution in [1.82, 2.24) is 14.3 Å². The van der Waals surface area contributed by atoms with E-state index in [0.29, 0.717) is 5.82 Å². The van der Waals surface area contributed by atoms with Gasteiger partial charge in [-0.2, -0.15) is 5.10 Å². The highest BCUT2D eigenvalue weighted by atomic mass is 15.3. The second-order valence-electron chi connectivity index (χ2n) is 4.73. The molecule has 0 radical (unpaired) electrons. The van der Waals surface area contributed by atoms with E-state index >= 15 is 0 Å². The van der Waals surface area contributed by atoms with E-state index in [4.69, 9.17) is 5.73 Å². The molecule has 0 bridgehead atoms. The maximum atomic E-state index is 5.74. The lowest BCUT2D eigenvalue weighted by atomic mass is 10.2. The molecule has 4 heteroatoms. The van der Waals surface area contributed by atoms with Crippen molar-refractivity contribution < 1.29 is 0 Å². The molecule has 3 aromatic rings. The first-order valence-corrected chi connectivity index (χ1v) is 5.92. The molecule has 0 aliphatic heterocycles. The average molecular weight is 240 g/mol. The van der Waals surface area contributed by atoms with Crippen molar-refractivity contribution in [3.8, 4) is 11.4 Å². The summed E-state index contributed by atoms with van der Waals surface area (Å²) in [6, 6.07) is 10.5. The molecule has 0 aliphatic carbocycles. The van der Waals surface area contributed by atoms with Crippen molar-refractivity contribution in [2.24, 2.45) is 14.1 Å². The number of anilines is 1. The number of aromatic nitrogens is 3. The van der Waals surface area contributed by atoms with Gasteiger partial charge < -0.3 is 10.3 Å². The first-order valence-electron chi connectivity index (χ1n) is 5.92. The molecule has 92 valence electrons. The highest BCUT2D eigenvalue weighted by Crippen LogP contribution is 2.28. The summed E-state index contributed by atoms with van der Waals surface area (Å²) < 4.78 is 4.00. The SMILES string of the molecule is Cc1ccc2cc(-c3cc(N)nn3C)n(C)c2c1. The molecule has 0 saturated heterocycles. The van der Waals surface area contributed by atoms with E-state index in [-0.39, 0.29) is 0 Å². The van der Waals surface area contributed by atoms with Crippen molar-refractivity contribution in [2.75, 3.05) is 5.73 Å². The number of nitrogens with two attached hydrogens (primary N) is 1. The van der Waals surface area contributed by atoms with Crippen molar-refractivity contribution in [3.63, 3.8) is 0 Å². The van der Waals surface area contributed by atoms with Crippen LogP contribution in [0.3, 0.4) is 0 Å². The second-order valence-corrected chi connectivity index (χ2v) is 4.73. The quantitative estimate of drug-likeness (QED) is 0.710. The molecule has 2 aromatic heterocycles. The summed E-state index contributed by atoms with van der Waals surface area (Å²) in [5.74, 6) is 0.550. The fraction of sp³-hybridized carbons (Fsp3) is 0.214. The molecule has 2 N–H and O–H groups in total. The van der Waals surface area contributed by atoms with Gasteiger partial charge in [-0.25, -0.2) is 0 Å². The minimum atomic E-state index is 0.550.